The highest BCUT2D eigenvalue weighted by atomic mass is 16.5. The van der Waals surface area contributed by atoms with E-state index >= 15 is 0 Å². The SMILES string of the molecule is COc1ccc(C(=O)N2c3ccccc3[C@@H](N(C(C)=O)c3ccc(CC(=O)O)cc3)CC2C)cc1. The van der Waals surface area contributed by atoms with Crippen LogP contribution in [-0.2, 0) is 16.0 Å². The number of ether oxygens (including phenoxy) is 1. The van der Waals surface area contributed by atoms with Crippen molar-refractivity contribution in [2.45, 2.75) is 38.8 Å². The lowest BCUT2D eigenvalue weighted by atomic mass is 9.89. The number of aliphatic carboxylic acids is 1. The number of benzene rings is 3. The molecule has 7 nitrogen and oxygen atoms in total. The smallest absolute Gasteiger partial charge is 0.307 e. The first-order valence-corrected chi connectivity index (χ1v) is 11.5. The first kappa shape index (κ1) is 24.0. The fraction of sp³-hybridized carbons (Fsp3) is 0.250. The van der Waals surface area contributed by atoms with Gasteiger partial charge in [0.1, 0.15) is 5.75 Å². The van der Waals surface area contributed by atoms with E-state index in [4.69, 9.17) is 9.84 Å². The molecule has 0 aliphatic carbocycles. The largest absolute Gasteiger partial charge is 0.497 e. The molecule has 35 heavy (non-hydrogen) atoms. The summed E-state index contributed by atoms with van der Waals surface area (Å²) in [7, 11) is 1.58. The van der Waals surface area contributed by atoms with Crippen LogP contribution in [0.5, 0.6) is 5.75 Å². The van der Waals surface area contributed by atoms with Crippen LogP contribution in [0.15, 0.2) is 72.8 Å². The number of anilines is 2. The molecule has 2 amide bonds. The van der Waals surface area contributed by atoms with Gasteiger partial charge in [0, 0.05) is 29.9 Å². The average molecular weight is 473 g/mol. The molecule has 180 valence electrons. The van der Waals surface area contributed by atoms with Gasteiger partial charge < -0.3 is 19.6 Å². The van der Waals surface area contributed by atoms with Crippen LogP contribution in [-0.4, -0.2) is 36.0 Å². The van der Waals surface area contributed by atoms with Gasteiger partial charge in [-0.15, -0.1) is 0 Å². The Morgan fingerprint density at radius 3 is 2.26 bits per heavy atom. The molecule has 3 aromatic carbocycles. The van der Waals surface area contributed by atoms with Gasteiger partial charge in [0.25, 0.3) is 5.91 Å². The Kier molecular flexibility index (Phi) is 6.87. The molecule has 1 aliphatic rings. The number of carboxylic acid groups (broad SMARTS) is 1. The highest BCUT2D eigenvalue weighted by Gasteiger charge is 2.38. The number of carboxylic acids is 1. The molecule has 0 saturated carbocycles. The molecule has 0 spiro atoms. The zero-order valence-electron chi connectivity index (χ0n) is 20.0. The molecule has 0 radical (unpaired) electrons. The lowest BCUT2D eigenvalue weighted by molar-refractivity contribution is -0.136. The van der Waals surface area contributed by atoms with Crippen LogP contribution in [0.3, 0.4) is 0 Å². The van der Waals surface area contributed by atoms with E-state index in [-0.39, 0.29) is 30.3 Å². The summed E-state index contributed by atoms with van der Waals surface area (Å²) in [6, 6.07) is 21.3. The van der Waals surface area contributed by atoms with E-state index in [1.807, 2.05) is 31.2 Å². The van der Waals surface area contributed by atoms with E-state index in [0.717, 1.165) is 11.3 Å². The summed E-state index contributed by atoms with van der Waals surface area (Å²) in [5, 5.41) is 9.05. The van der Waals surface area contributed by atoms with Crippen LogP contribution in [0.2, 0.25) is 0 Å². The summed E-state index contributed by atoms with van der Waals surface area (Å²) in [5.74, 6) is -0.464. The third-order valence-corrected chi connectivity index (χ3v) is 6.34. The van der Waals surface area contributed by atoms with E-state index in [1.54, 1.807) is 65.4 Å². The lowest BCUT2D eigenvalue weighted by Gasteiger charge is -2.43. The second-order valence-electron chi connectivity index (χ2n) is 8.69. The number of fused-ring (bicyclic) bond motifs is 1. The Bertz CT molecular complexity index is 1240. The summed E-state index contributed by atoms with van der Waals surface area (Å²) < 4.78 is 5.21. The summed E-state index contributed by atoms with van der Waals surface area (Å²) >= 11 is 0. The van der Waals surface area contributed by atoms with Crippen molar-refractivity contribution in [3.63, 3.8) is 0 Å². The molecule has 0 aromatic heterocycles. The van der Waals surface area contributed by atoms with Crippen LogP contribution in [0.25, 0.3) is 0 Å². The Morgan fingerprint density at radius 1 is 1.00 bits per heavy atom. The molecule has 0 saturated heterocycles. The minimum atomic E-state index is -0.905. The molecular weight excluding hydrogens is 444 g/mol. The van der Waals surface area contributed by atoms with Crippen molar-refractivity contribution in [3.8, 4) is 5.75 Å². The minimum Gasteiger partial charge on any atom is -0.497 e. The second-order valence-corrected chi connectivity index (χ2v) is 8.69. The summed E-state index contributed by atoms with van der Waals surface area (Å²) in [6.07, 6.45) is 0.474. The lowest BCUT2D eigenvalue weighted by Crippen LogP contribution is -2.47. The number of amides is 2. The highest BCUT2D eigenvalue weighted by molar-refractivity contribution is 6.07. The number of rotatable bonds is 6. The first-order valence-electron chi connectivity index (χ1n) is 11.5. The maximum Gasteiger partial charge on any atom is 0.307 e. The van der Waals surface area contributed by atoms with Crippen LogP contribution in [0.4, 0.5) is 11.4 Å². The van der Waals surface area contributed by atoms with Gasteiger partial charge >= 0.3 is 5.97 Å². The summed E-state index contributed by atoms with van der Waals surface area (Å²) in [6.45, 7) is 3.51. The van der Waals surface area contributed by atoms with Gasteiger partial charge in [-0.25, -0.2) is 0 Å². The molecule has 0 fully saturated rings. The number of hydrogen-bond donors (Lipinski definition) is 1. The fourth-order valence-corrected chi connectivity index (χ4v) is 4.74. The molecule has 0 bridgehead atoms. The Balaban J connectivity index is 1.71. The second kappa shape index (κ2) is 10.0. The van der Waals surface area contributed by atoms with Crippen LogP contribution in [0.1, 0.15) is 47.8 Å². The van der Waals surface area contributed by atoms with Gasteiger partial charge in [0.2, 0.25) is 5.91 Å². The zero-order chi connectivity index (χ0) is 25.1. The highest BCUT2D eigenvalue weighted by Crippen LogP contribution is 2.42. The third-order valence-electron chi connectivity index (χ3n) is 6.34. The van der Waals surface area contributed by atoms with Crippen molar-refractivity contribution < 1.29 is 24.2 Å². The molecule has 2 atom stereocenters. The maximum atomic E-state index is 13.5. The van der Waals surface area contributed by atoms with Crippen LogP contribution < -0.4 is 14.5 Å². The number of carbonyl (C=O) groups excluding carboxylic acids is 2. The predicted octanol–water partition coefficient (Wildman–Crippen LogP) is 4.86. The van der Waals surface area contributed by atoms with Gasteiger partial charge in [-0.05, 0) is 66.9 Å². The topological polar surface area (TPSA) is 87.2 Å². The standard InChI is InChI=1S/C28H28N2O5/c1-18-16-26(30(19(2)31)22-12-8-20(9-13-22)17-27(32)33)24-6-4-5-7-25(24)29(18)28(34)21-10-14-23(35-3)15-11-21/h4-15,18,26H,16-17H2,1-3H3,(H,32,33)/t18?,26-/m0/s1. The minimum absolute atomic E-state index is 0.0773. The van der Waals surface area contributed by atoms with Gasteiger partial charge in [0.05, 0.1) is 19.6 Å². The molecular formula is C28H28N2O5. The van der Waals surface area contributed by atoms with Gasteiger partial charge in [-0.3, -0.25) is 14.4 Å². The van der Waals surface area contributed by atoms with Crippen molar-refractivity contribution in [2.24, 2.45) is 0 Å². The van der Waals surface area contributed by atoms with Crippen molar-refractivity contribution >= 4 is 29.2 Å². The predicted molar refractivity (Wildman–Crippen MR) is 134 cm³/mol. The molecule has 4 rings (SSSR count). The van der Waals surface area contributed by atoms with Gasteiger partial charge in [0.15, 0.2) is 0 Å². The first-order chi connectivity index (χ1) is 16.8. The quantitative estimate of drug-likeness (QED) is 0.554. The molecule has 1 unspecified atom stereocenters. The molecule has 1 heterocycles. The normalized spacial score (nSPS) is 16.8. The molecule has 3 aromatic rings. The van der Waals surface area contributed by atoms with E-state index in [1.165, 1.54) is 6.92 Å². The van der Waals surface area contributed by atoms with Crippen molar-refractivity contribution in [1.82, 2.24) is 0 Å². The molecule has 7 heteroatoms. The van der Waals surface area contributed by atoms with Gasteiger partial charge in [-0.2, -0.15) is 0 Å². The maximum absolute atomic E-state index is 13.5. The third kappa shape index (κ3) is 4.89. The average Bonchev–Trinajstić information content (AvgIpc) is 2.84. The number of methoxy groups -OCH3 is 1. The van der Waals surface area contributed by atoms with Crippen molar-refractivity contribution in [3.05, 3.63) is 89.5 Å². The van der Waals surface area contributed by atoms with Crippen LogP contribution >= 0.6 is 0 Å². The number of para-hydroxylation sites is 1. The zero-order valence-corrected chi connectivity index (χ0v) is 20.0. The van der Waals surface area contributed by atoms with E-state index < -0.39 is 5.97 Å². The number of nitrogens with zero attached hydrogens (tertiary/aromatic N) is 2. The monoisotopic (exact) mass is 472 g/mol. The van der Waals surface area contributed by atoms with E-state index in [0.29, 0.717) is 29.0 Å². The number of carbonyl (C=O) groups is 3. The molecule has 1 aliphatic heterocycles. The summed E-state index contributed by atoms with van der Waals surface area (Å²) in [4.78, 5) is 41.0. The Morgan fingerprint density at radius 2 is 1.66 bits per heavy atom. The van der Waals surface area contributed by atoms with Crippen molar-refractivity contribution in [1.29, 1.82) is 0 Å². The molecule has 1 N–H and O–H groups in total. The van der Waals surface area contributed by atoms with Crippen molar-refractivity contribution in [2.75, 3.05) is 16.9 Å². The Labute approximate surface area is 204 Å². The van der Waals surface area contributed by atoms with Crippen LogP contribution in [0, 0.1) is 0 Å². The summed E-state index contributed by atoms with van der Waals surface area (Å²) in [5.41, 5.74) is 3.57. The van der Waals surface area contributed by atoms with E-state index in [9.17, 15) is 14.4 Å². The Hall–Kier alpha value is -4.13. The number of hydrogen-bond acceptors (Lipinski definition) is 4. The fourth-order valence-electron chi connectivity index (χ4n) is 4.74. The van der Waals surface area contributed by atoms with E-state index in [2.05, 4.69) is 0 Å². The van der Waals surface area contributed by atoms with Gasteiger partial charge in [-0.1, -0.05) is 30.3 Å².